The van der Waals surface area contributed by atoms with Crippen LogP contribution in [0.1, 0.15) is 16.7 Å². The first-order valence-electron chi connectivity index (χ1n) is 12.7. The third kappa shape index (κ3) is 11.5. The molecule has 0 bridgehead atoms. The van der Waals surface area contributed by atoms with Crippen LogP contribution in [-0.2, 0) is 43.6 Å². The lowest BCUT2D eigenvalue weighted by Gasteiger charge is -2.22. The summed E-state index contributed by atoms with van der Waals surface area (Å²) in [7, 11) is -3.43. The lowest BCUT2D eigenvalue weighted by Crippen LogP contribution is -2.52. The lowest BCUT2D eigenvalue weighted by atomic mass is 10.0. The fraction of sp³-hybridized carbons (Fsp3) is 0.233. The van der Waals surface area contributed by atoms with Crippen LogP contribution >= 0.6 is 0 Å². The van der Waals surface area contributed by atoms with Crippen molar-refractivity contribution in [1.29, 1.82) is 0 Å². The number of sulfone groups is 1. The van der Waals surface area contributed by atoms with Gasteiger partial charge in [0.15, 0.2) is 9.84 Å². The maximum absolute atomic E-state index is 13.4. The van der Waals surface area contributed by atoms with Gasteiger partial charge in [-0.05, 0) is 23.1 Å². The van der Waals surface area contributed by atoms with E-state index < -0.39 is 46.4 Å². The van der Waals surface area contributed by atoms with E-state index in [1.54, 1.807) is 0 Å². The summed E-state index contributed by atoms with van der Waals surface area (Å²) < 4.78 is 28.6. The Morgan fingerprint density at radius 3 is 1.85 bits per heavy atom. The van der Waals surface area contributed by atoms with E-state index >= 15 is 0 Å². The van der Waals surface area contributed by atoms with Crippen LogP contribution in [-0.4, -0.2) is 51.2 Å². The highest BCUT2D eigenvalue weighted by molar-refractivity contribution is 7.93. The lowest BCUT2D eigenvalue weighted by molar-refractivity contribution is -0.128. The molecule has 3 amide bonds. The number of hydrogen-bond donors (Lipinski definition) is 3. The Bertz CT molecular complexity index is 1380. The predicted octanol–water partition coefficient (Wildman–Crippen LogP) is 2.93. The molecule has 0 saturated carbocycles. The second-order valence-corrected chi connectivity index (χ2v) is 11.1. The number of alkyl carbamates (subject to hydrolysis) is 1. The quantitative estimate of drug-likeness (QED) is 0.293. The van der Waals surface area contributed by atoms with Crippen LogP contribution in [0.25, 0.3) is 0 Å². The van der Waals surface area contributed by atoms with Crippen molar-refractivity contribution in [3.8, 4) is 0 Å². The van der Waals surface area contributed by atoms with Crippen molar-refractivity contribution in [2.75, 3.05) is 12.8 Å². The first-order chi connectivity index (χ1) is 19.2. The standard InChI is InChI=1S/C30H33N3O6S/c1-40(37,38)18-17-26(19-23-11-5-2-6-12-23)32-29(35)27(20-24-13-7-3-8-14-24)33-28(34)21-31-30(36)39-22-25-15-9-4-10-16-25/h2-18,26-27H,19-22H2,1H3,(H,31,36)(H,32,35)(H,33,34)/b18-17+/t26?,27-/m0/s1. The topological polar surface area (TPSA) is 131 Å². The number of rotatable bonds is 13. The minimum absolute atomic E-state index is 0.0527. The highest BCUT2D eigenvalue weighted by Crippen LogP contribution is 2.08. The summed E-state index contributed by atoms with van der Waals surface area (Å²) in [5.74, 6) is -1.08. The van der Waals surface area contributed by atoms with Crippen LogP contribution in [0, 0.1) is 0 Å². The summed E-state index contributed by atoms with van der Waals surface area (Å²) >= 11 is 0. The Morgan fingerprint density at radius 1 is 0.775 bits per heavy atom. The Balaban J connectivity index is 1.66. The summed E-state index contributed by atoms with van der Waals surface area (Å²) in [6.45, 7) is -0.343. The van der Waals surface area contributed by atoms with E-state index in [0.717, 1.165) is 28.4 Å². The Hall–Kier alpha value is -4.44. The summed E-state index contributed by atoms with van der Waals surface area (Å²) in [6.07, 6.45) is 2.26. The zero-order valence-corrected chi connectivity index (χ0v) is 23.0. The molecule has 0 aromatic heterocycles. The Labute approximate surface area is 234 Å². The number of carbonyl (C=O) groups is 3. The molecule has 3 aromatic rings. The molecular weight excluding hydrogens is 530 g/mol. The van der Waals surface area contributed by atoms with Gasteiger partial charge in [-0.2, -0.15) is 0 Å². The Morgan fingerprint density at radius 2 is 1.30 bits per heavy atom. The fourth-order valence-electron chi connectivity index (χ4n) is 3.79. The van der Waals surface area contributed by atoms with Gasteiger partial charge in [0.05, 0.1) is 6.04 Å². The number of hydrogen-bond acceptors (Lipinski definition) is 6. The molecule has 0 radical (unpaired) electrons. The zero-order valence-electron chi connectivity index (χ0n) is 22.2. The van der Waals surface area contributed by atoms with E-state index in [0.29, 0.717) is 6.42 Å². The molecular formula is C30H33N3O6S. The number of amides is 3. The monoisotopic (exact) mass is 563 g/mol. The number of benzene rings is 3. The number of nitrogens with one attached hydrogen (secondary N) is 3. The van der Waals surface area contributed by atoms with Gasteiger partial charge < -0.3 is 20.7 Å². The SMILES string of the molecule is CS(=O)(=O)/C=C/C(Cc1ccccc1)NC(=O)[C@H](Cc1ccccc1)NC(=O)CNC(=O)OCc1ccccc1. The third-order valence-electron chi connectivity index (χ3n) is 5.72. The number of carbonyl (C=O) groups excluding carboxylic acids is 3. The van der Waals surface area contributed by atoms with Crippen LogP contribution < -0.4 is 16.0 Å². The van der Waals surface area contributed by atoms with Crippen molar-refractivity contribution >= 4 is 27.7 Å². The smallest absolute Gasteiger partial charge is 0.407 e. The predicted molar refractivity (Wildman–Crippen MR) is 153 cm³/mol. The van der Waals surface area contributed by atoms with Crippen LogP contribution in [0.15, 0.2) is 102 Å². The molecule has 3 N–H and O–H groups in total. The first-order valence-corrected chi connectivity index (χ1v) is 14.6. The van der Waals surface area contributed by atoms with Gasteiger partial charge in [0.1, 0.15) is 19.2 Å². The van der Waals surface area contributed by atoms with Gasteiger partial charge in [-0.25, -0.2) is 13.2 Å². The normalized spacial score (nSPS) is 12.7. The van der Waals surface area contributed by atoms with Crippen LogP contribution in [0.4, 0.5) is 4.79 Å². The van der Waals surface area contributed by atoms with Crippen molar-refractivity contribution in [2.45, 2.75) is 31.5 Å². The number of ether oxygens (including phenoxy) is 1. The second-order valence-electron chi connectivity index (χ2n) is 9.19. The zero-order chi connectivity index (χ0) is 28.8. The summed E-state index contributed by atoms with van der Waals surface area (Å²) in [5, 5.41) is 8.96. The van der Waals surface area contributed by atoms with Crippen molar-refractivity contribution in [1.82, 2.24) is 16.0 Å². The van der Waals surface area contributed by atoms with E-state index in [-0.39, 0.29) is 13.0 Å². The van der Waals surface area contributed by atoms with E-state index in [1.807, 2.05) is 91.0 Å². The van der Waals surface area contributed by atoms with Gasteiger partial charge in [-0.15, -0.1) is 0 Å². The maximum Gasteiger partial charge on any atom is 0.407 e. The average molecular weight is 564 g/mol. The van der Waals surface area contributed by atoms with Crippen molar-refractivity contribution in [3.05, 3.63) is 119 Å². The highest BCUT2D eigenvalue weighted by atomic mass is 32.2. The van der Waals surface area contributed by atoms with E-state index in [1.165, 1.54) is 6.08 Å². The molecule has 10 heteroatoms. The summed E-state index contributed by atoms with van der Waals surface area (Å²) in [4.78, 5) is 38.1. The summed E-state index contributed by atoms with van der Waals surface area (Å²) in [5.41, 5.74) is 2.51. The molecule has 2 atom stereocenters. The molecule has 3 aromatic carbocycles. The van der Waals surface area contributed by atoms with Crippen LogP contribution in [0.3, 0.4) is 0 Å². The minimum Gasteiger partial charge on any atom is -0.445 e. The van der Waals surface area contributed by atoms with Crippen molar-refractivity contribution < 1.29 is 27.5 Å². The molecule has 0 aliphatic carbocycles. The molecule has 0 aliphatic heterocycles. The highest BCUT2D eigenvalue weighted by Gasteiger charge is 2.24. The van der Waals surface area contributed by atoms with Gasteiger partial charge in [0.2, 0.25) is 11.8 Å². The molecule has 40 heavy (non-hydrogen) atoms. The molecule has 3 rings (SSSR count). The van der Waals surface area contributed by atoms with Gasteiger partial charge >= 0.3 is 6.09 Å². The molecule has 9 nitrogen and oxygen atoms in total. The van der Waals surface area contributed by atoms with E-state index in [2.05, 4.69) is 16.0 Å². The largest absolute Gasteiger partial charge is 0.445 e. The molecule has 0 aliphatic rings. The third-order valence-corrected chi connectivity index (χ3v) is 6.38. The summed E-state index contributed by atoms with van der Waals surface area (Å²) in [6, 6.07) is 25.9. The van der Waals surface area contributed by atoms with Crippen LogP contribution in [0.2, 0.25) is 0 Å². The molecule has 0 saturated heterocycles. The molecule has 0 fully saturated rings. The van der Waals surface area contributed by atoms with Gasteiger partial charge in [-0.1, -0.05) is 97.1 Å². The molecule has 0 spiro atoms. The van der Waals surface area contributed by atoms with E-state index in [4.69, 9.17) is 4.74 Å². The van der Waals surface area contributed by atoms with Crippen molar-refractivity contribution in [3.63, 3.8) is 0 Å². The fourth-order valence-corrected chi connectivity index (χ4v) is 4.26. The van der Waals surface area contributed by atoms with Gasteiger partial charge in [0, 0.05) is 18.1 Å². The Kier molecular flexibility index (Phi) is 11.5. The molecule has 1 unspecified atom stereocenters. The van der Waals surface area contributed by atoms with E-state index in [9.17, 15) is 22.8 Å². The maximum atomic E-state index is 13.4. The first kappa shape index (κ1) is 30.1. The van der Waals surface area contributed by atoms with Gasteiger partial charge in [-0.3, -0.25) is 9.59 Å². The second kappa shape index (κ2) is 15.2. The molecule has 0 heterocycles. The van der Waals surface area contributed by atoms with Gasteiger partial charge in [0.25, 0.3) is 0 Å². The molecule has 210 valence electrons. The van der Waals surface area contributed by atoms with Crippen LogP contribution in [0.5, 0.6) is 0 Å². The average Bonchev–Trinajstić information content (AvgIpc) is 2.94. The minimum atomic E-state index is -3.43. The van der Waals surface area contributed by atoms with Crippen molar-refractivity contribution in [2.24, 2.45) is 0 Å².